The molecule has 1 rings (SSSR count). The zero-order valence-corrected chi connectivity index (χ0v) is 16.4. The monoisotopic (exact) mass is 396 g/mol. The molecule has 1 fully saturated rings. The summed E-state index contributed by atoms with van der Waals surface area (Å²) in [5.74, 6) is -4.08. The lowest BCUT2D eigenvalue weighted by atomic mass is 9.79. The van der Waals surface area contributed by atoms with E-state index < -0.39 is 48.3 Å². The van der Waals surface area contributed by atoms with Crippen molar-refractivity contribution in [3.63, 3.8) is 0 Å². The molecule has 0 aromatic carbocycles. The Morgan fingerprint density at radius 2 is 1.14 bits per heavy atom. The summed E-state index contributed by atoms with van der Waals surface area (Å²) in [6, 6.07) is 0. The van der Waals surface area contributed by atoms with Crippen molar-refractivity contribution in [2.24, 2.45) is 11.8 Å². The average Bonchev–Trinajstić information content (AvgIpc) is 2.71. The average molecular weight is 396 g/mol. The standard InChI is InChI=1S/C20H28O8/c1-5-15(21)25-17(7-3)27-19(23)13-11-9-10-12-14(13)20(24)28-18(8-4)26-16(22)6-2/h5-6,13-14,17-18H,1-2,7-12H2,3-4H3. The maximum Gasteiger partial charge on any atom is 0.333 e. The van der Waals surface area contributed by atoms with Gasteiger partial charge >= 0.3 is 23.9 Å². The van der Waals surface area contributed by atoms with Gasteiger partial charge in [0.15, 0.2) is 0 Å². The Kier molecular flexibility index (Phi) is 9.98. The van der Waals surface area contributed by atoms with Gasteiger partial charge in [0.25, 0.3) is 0 Å². The van der Waals surface area contributed by atoms with Crippen molar-refractivity contribution in [1.82, 2.24) is 0 Å². The Labute approximate surface area is 164 Å². The molecule has 8 heteroatoms. The first-order valence-electron chi connectivity index (χ1n) is 9.43. The van der Waals surface area contributed by atoms with Crippen molar-refractivity contribution in [3.05, 3.63) is 25.3 Å². The Bertz CT molecular complexity index is 545. The Morgan fingerprint density at radius 3 is 1.43 bits per heavy atom. The molecule has 0 amide bonds. The van der Waals surface area contributed by atoms with Crippen LogP contribution in [-0.2, 0) is 38.1 Å². The van der Waals surface area contributed by atoms with E-state index >= 15 is 0 Å². The van der Waals surface area contributed by atoms with Crippen LogP contribution in [0.2, 0.25) is 0 Å². The molecule has 8 nitrogen and oxygen atoms in total. The number of carbonyl (C=O) groups is 4. The summed E-state index contributed by atoms with van der Waals surface area (Å²) in [5, 5.41) is 0. The number of esters is 4. The van der Waals surface area contributed by atoms with Crippen molar-refractivity contribution in [1.29, 1.82) is 0 Å². The summed E-state index contributed by atoms with van der Waals surface area (Å²) < 4.78 is 20.5. The fourth-order valence-corrected chi connectivity index (χ4v) is 2.87. The van der Waals surface area contributed by atoms with E-state index in [2.05, 4.69) is 13.2 Å². The SMILES string of the molecule is C=CC(=O)OC(CC)OC(=O)C1CCCCC1C(=O)OC(CC)OC(=O)C=C. The molecule has 0 heterocycles. The highest BCUT2D eigenvalue weighted by atomic mass is 16.7. The third kappa shape index (κ3) is 7.17. The van der Waals surface area contributed by atoms with E-state index in [1.165, 1.54) is 0 Å². The van der Waals surface area contributed by atoms with Gasteiger partial charge in [-0.1, -0.05) is 39.8 Å². The van der Waals surface area contributed by atoms with Gasteiger partial charge in [-0.25, -0.2) is 9.59 Å². The van der Waals surface area contributed by atoms with Crippen LogP contribution in [-0.4, -0.2) is 36.5 Å². The van der Waals surface area contributed by atoms with Crippen LogP contribution in [0.1, 0.15) is 52.4 Å². The Morgan fingerprint density at radius 1 is 0.786 bits per heavy atom. The first-order chi connectivity index (χ1) is 13.4. The summed E-state index contributed by atoms with van der Waals surface area (Å²) in [6.45, 7) is 9.98. The van der Waals surface area contributed by atoms with Crippen LogP contribution < -0.4 is 0 Å². The zero-order valence-electron chi connectivity index (χ0n) is 16.4. The van der Waals surface area contributed by atoms with E-state index in [1.807, 2.05) is 0 Å². The first kappa shape index (κ1) is 23.4. The van der Waals surface area contributed by atoms with Gasteiger partial charge < -0.3 is 18.9 Å². The molecule has 0 bridgehead atoms. The topological polar surface area (TPSA) is 105 Å². The Hall–Kier alpha value is -2.64. The van der Waals surface area contributed by atoms with E-state index in [-0.39, 0.29) is 12.8 Å². The molecule has 0 N–H and O–H groups in total. The molecule has 0 aromatic rings. The van der Waals surface area contributed by atoms with Gasteiger partial charge in [-0.05, 0) is 12.8 Å². The molecule has 156 valence electrons. The van der Waals surface area contributed by atoms with Crippen LogP contribution in [0, 0.1) is 11.8 Å². The third-order valence-electron chi connectivity index (χ3n) is 4.36. The third-order valence-corrected chi connectivity index (χ3v) is 4.36. The van der Waals surface area contributed by atoms with Crippen molar-refractivity contribution in [3.8, 4) is 0 Å². The second-order valence-corrected chi connectivity index (χ2v) is 6.33. The fourth-order valence-electron chi connectivity index (χ4n) is 2.87. The van der Waals surface area contributed by atoms with Crippen molar-refractivity contribution in [2.45, 2.75) is 65.0 Å². The molecule has 28 heavy (non-hydrogen) atoms. The van der Waals surface area contributed by atoms with Crippen LogP contribution in [0.3, 0.4) is 0 Å². The molecule has 1 aliphatic carbocycles. The predicted molar refractivity (Wildman–Crippen MR) is 98.4 cm³/mol. The van der Waals surface area contributed by atoms with Crippen LogP contribution in [0.15, 0.2) is 25.3 Å². The van der Waals surface area contributed by atoms with Crippen LogP contribution in [0.25, 0.3) is 0 Å². The summed E-state index contributed by atoms with van der Waals surface area (Å²) in [4.78, 5) is 47.8. The molecule has 0 aromatic heterocycles. The summed E-state index contributed by atoms with van der Waals surface area (Å²) in [7, 11) is 0. The molecule has 4 unspecified atom stereocenters. The molecule has 0 spiro atoms. The molecule has 1 aliphatic rings. The largest absolute Gasteiger partial charge is 0.425 e. The second kappa shape index (κ2) is 11.9. The Balaban J connectivity index is 2.77. The summed E-state index contributed by atoms with van der Waals surface area (Å²) in [6.07, 6.45) is 2.82. The smallest absolute Gasteiger partial charge is 0.333 e. The van der Waals surface area contributed by atoms with Crippen molar-refractivity contribution < 1.29 is 38.1 Å². The van der Waals surface area contributed by atoms with Gasteiger partial charge in [0.2, 0.25) is 12.6 Å². The highest BCUT2D eigenvalue weighted by molar-refractivity contribution is 5.84. The molecule has 4 atom stereocenters. The van der Waals surface area contributed by atoms with Crippen LogP contribution in [0.4, 0.5) is 0 Å². The number of ether oxygens (including phenoxy) is 4. The molecule has 0 radical (unpaired) electrons. The lowest BCUT2D eigenvalue weighted by molar-refractivity contribution is -0.199. The van der Waals surface area contributed by atoms with Gasteiger partial charge in [0.05, 0.1) is 11.8 Å². The maximum atomic E-state index is 12.6. The van der Waals surface area contributed by atoms with Crippen molar-refractivity contribution >= 4 is 23.9 Å². The first-order valence-corrected chi connectivity index (χ1v) is 9.43. The normalized spacial score (nSPS) is 20.8. The quantitative estimate of drug-likeness (QED) is 0.315. The van der Waals surface area contributed by atoms with Gasteiger partial charge in [0, 0.05) is 25.0 Å². The minimum Gasteiger partial charge on any atom is -0.425 e. The summed E-state index contributed by atoms with van der Waals surface area (Å²) in [5.41, 5.74) is 0. The van der Waals surface area contributed by atoms with Crippen LogP contribution >= 0.6 is 0 Å². The number of rotatable bonds is 10. The predicted octanol–water partition coefficient (Wildman–Crippen LogP) is 2.81. The summed E-state index contributed by atoms with van der Waals surface area (Å²) >= 11 is 0. The number of hydrogen-bond acceptors (Lipinski definition) is 8. The number of carbonyl (C=O) groups excluding carboxylic acids is 4. The lowest BCUT2D eigenvalue weighted by Gasteiger charge is -2.30. The maximum absolute atomic E-state index is 12.6. The molecular formula is C20H28O8. The second-order valence-electron chi connectivity index (χ2n) is 6.33. The van der Waals surface area contributed by atoms with E-state index in [4.69, 9.17) is 18.9 Å². The highest BCUT2D eigenvalue weighted by Crippen LogP contribution is 2.33. The number of hydrogen-bond donors (Lipinski definition) is 0. The van der Waals surface area contributed by atoms with E-state index in [1.54, 1.807) is 13.8 Å². The zero-order chi connectivity index (χ0) is 21.1. The highest BCUT2D eigenvalue weighted by Gasteiger charge is 2.39. The molecule has 1 saturated carbocycles. The molecule has 0 saturated heterocycles. The fraction of sp³-hybridized carbons (Fsp3) is 0.600. The minimum absolute atomic E-state index is 0.266. The molecule has 0 aliphatic heterocycles. The van der Waals surface area contributed by atoms with Crippen LogP contribution in [0.5, 0.6) is 0 Å². The van der Waals surface area contributed by atoms with E-state index in [9.17, 15) is 19.2 Å². The van der Waals surface area contributed by atoms with Gasteiger partial charge in [-0.2, -0.15) is 0 Å². The van der Waals surface area contributed by atoms with Gasteiger partial charge in [-0.15, -0.1) is 0 Å². The van der Waals surface area contributed by atoms with Crippen molar-refractivity contribution in [2.75, 3.05) is 0 Å². The van der Waals surface area contributed by atoms with Gasteiger partial charge in [-0.3, -0.25) is 9.59 Å². The van der Waals surface area contributed by atoms with E-state index in [0.29, 0.717) is 12.8 Å². The van der Waals surface area contributed by atoms with Gasteiger partial charge in [0.1, 0.15) is 0 Å². The molecular weight excluding hydrogens is 368 g/mol. The lowest BCUT2D eigenvalue weighted by Crippen LogP contribution is -2.38. The van der Waals surface area contributed by atoms with E-state index in [0.717, 1.165) is 25.0 Å². The minimum atomic E-state index is -1.05.